The summed E-state index contributed by atoms with van der Waals surface area (Å²) in [6, 6.07) is 9.01. The number of aromatic nitrogens is 2. The van der Waals surface area contributed by atoms with Crippen molar-refractivity contribution in [1.29, 1.82) is 0 Å². The van der Waals surface area contributed by atoms with Crippen LogP contribution in [0.3, 0.4) is 0 Å². The lowest BCUT2D eigenvalue weighted by molar-refractivity contribution is 0.0534. The van der Waals surface area contributed by atoms with Gasteiger partial charge in [0.1, 0.15) is 0 Å². The van der Waals surface area contributed by atoms with E-state index in [-0.39, 0.29) is 24.1 Å². The predicted octanol–water partition coefficient (Wildman–Crippen LogP) is 3.96. The van der Waals surface area contributed by atoms with Crippen molar-refractivity contribution >= 4 is 6.03 Å². The van der Waals surface area contributed by atoms with E-state index in [4.69, 9.17) is 0 Å². The lowest BCUT2D eigenvalue weighted by Crippen LogP contribution is -2.49. The van der Waals surface area contributed by atoms with Gasteiger partial charge in [-0.2, -0.15) is 0 Å². The van der Waals surface area contributed by atoms with Crippen LogP contribution >= 0.6 is 0 Å². The molecule has 2 aromatic rings. The van der Waals surface area contributed by atoms with Gasteiger partial charge < -0.3 is 19.9 Å². The highest BCUT2D eigenvalue weighted by molar-refractivity contribution is 5.74. The van der Waals surface area contributed by atoms with Gasteiger partial charge in [0.15, 0.2) is 0 Å². The number of amides is 2. The molecule has 2 N–H and O–H groups in total. The molecule has 1 aromatic carbocycles. The molecule has 1 aromatic heterocycles. The monoisotopic (exact) mass is 408 g/mol. The number of nitrogens with zero attached hydrogens (tertiary/aromatic N) is 3. The van der Waals surface area contributed by atoms with E-state index in [1.54, 1.807) is 0 Å². The van der Waals surface area contributed by atoms with E-state index in [1.165, 1.54) is 30.4 Å². The molecule has 0 spiro atoms. The number of imidazole rings is 1. The second-order valence-electron chi connectivity index (χ2n) is 9.20. The van der Waals surface area contributed by atoms with Crippen LogP contribution < -0.4 is 5.32 Å². The van der Waals surface area contributed by atoms with Crippen LogP contribution in [0.25, 0.3) is 11.3 Å². The number of aliphatic hydroxyl groups excluding tert-OH is 1. The van der Waals surface area contributed by atoms with Gasteiger partial charge in [-0.1, -0.05) is 43.5 Å². The van der Waals surface area contributed by atoms with E-state index in [9.17, 15) is 9.90 Å². The molecule has 3 heterocycles. The topological polar surface area (TPSA) is 70.4 Å². The Balaban J connectivity index is 1.17. The van der Waals surface area contributed by atoms with Crippen LogP contribution in [-0.2, 0) is 0 Å². The van der Waals surface area contributed by atoms with Crippen LogP contribution in [-0.4, -0.2) is 50.8 Å². The first-order chi connectivity index (χ1) is 14.7. The minimum atomic E-state index is -0.375. The van der Waals surface area contributed by atoms with Gasteiger partial charge in [-0.05, 0) is 43.6 Å². The number of fused-ring (bicyclic) bond motifs is 3. The number of aliphatic hydroxyl groups is 1. The maximum Gasteiger partial charge on any atom is 0.317 e. The summed E-state index contributed by atoms with van der Waals surface area (Å²) < 4.78 is 2.20. The molecular weight excluding hydrogens is 376 g/mol. The first-order valence-electron chi connectivity index (χ1n) is 11.6. The second-order valence-corrected chi connectivity index (χ2v) is 9.20. The van der Waals surface area contributed by atoms with Crippen LogP contribution in [0.1, 0.15) is 63.0 Å². The Morgan fingerprint density at radius 1 is 1.13 bits per heavy atom. The summed E-state index contributed by atoms with van der Waals surface area (Å²) in [4.78, 5) is 18.9. The highest BCUT2D eigenvalue weighted by Crippen LogP contribution is 2.42. The molecule has 0 bridgehead atoms. The minimum absolute atomic E-state index is 0.0858. The molecule has 30 heavy (non-hydrogen) atoms. The largest absolute Gasteiger partial charge is 0.393 e. The molecule has 1 saturated carbocycles. The van der Waals surface area contributed by atoms with Gasteiger partial charge in [0.2, 0.25) is 0 Å². The molecule has 3 aliphatic rings. The van der Waals surface area contributed by atoms with Crippen molar-refractivity contribution in [2.45, 2.75) is 69.6 Å². The van der Waals surface area contributed by atoms with Crippen LogP contribution in [0.2, 0.25) is 0 Å². The Kier molecular flexibility index (Phi) is 5.50. The quantitative estimate of drug-likeness (QED) is 0.805. The Labute approximate surface area is 178 Å². The van der Waals surface area contributed by atoms with E-state index in [2.05, 4.69) is 39.1 Å². The van der Waals surface area contributed by atoms with Gasteiger partial charge in [0.05, 0.1) is 30.4 Å². The van der Waals surface area contributed by atoms with Crippen LogP contribution in [0.15, 0.2) is 36.8 Å². The van der Waals surface area contributed by atoms with Crippen LogP contribution in [0, 0.1) is 5.92 Å². The summed E-state index contributed by atoms with van der Waals surface area (Å²) in [5.41, 5.74) is 3.64. The average Bonchev–Trinajstić information content (AvgIpc) is 3.37. The average molecular weight is 409 g/mol. The summed E-state index contributed by atoms with van der Waals surface area (Å²) in [7, 11) is 0. The molecule has 1 saturated heterocycles. The molecule has 0 radical (unpaired) electrons. The zero-order valence-corrected chi connectivity index (χ0v) is 17.5. The SMILES string of the molecule is O=C(NC1CCCCC1)N1CCC([C@H](O)C[C@H]2c3ccccc3-c3cncn32)CC1. The zero-order valence-electron chi connectivity index (χ0n) is 17.5. The first-order valence-corrected chi connectivity index (χ1v) is 11.6. The van der Waals surface area contributed by atoms with E-state index in [1.807, 2.05) is 17.4 Å². The van der Waals surface area contributed by atoms with Crippen molar-refractivity contribution in [2.75, 3.05) is 13.1 Å². The van der Waals surface area contributed by atoms with Crippen molar-refractivity contribution in [3.63, 3.8) is 0 Å². The fourth-order valence-electron chi connectivity index (χ4n) is 5.59. The van der Waals surface area contributed by atoms with E-state index in [0.29, 0.717) is 12.5 Å². The fraction of sp³-hybridized carbons (Fsp3) is 0.583. The lowest BCUT2D eigenvalue weighted by Gasteiger charge is -2.36. The summed E-state index contributed by atoms with van der Waals surface area (Å²) in [6.45, 7) is 1.47. The molecule has 1 aliphatic carbocycles. The number of hydrogen-bond acceptors (Lipinski definition) is 3. The maximum atomic E-state index is 12.6. The zero-order chi connectivity index (χ0) is 20.5. The molecule has 0 unspecified atom stereocenters. The number of carbonyl (C=O) groups excluding carboxylic acids is 1. The number of rotatable bonds is 4. The van der Waals surface area contributed by atoms with E-state index < -0.39 is 0 Å². The van der Waals surface area contributed by atoms with Gasteiger partial charge in [-0.25, -0.2) is 9.78 Å². The third-order valence-corrected chi connectivity index (χ3v) is 7.37. The standard InChI is InChI=1S/C24H32N4O2/c29-23(14-21-19-8-4-5-9-20(19)22-15-25-16-28(21)22)17-10-12-27(13-11-17)24(30)26-18-6-2-1-3-7-18/h4-5,8-9,15-18,21,23,29H,1-3,6-7,10-14H2,(H,26,30)/t21-,23+/m0/s1. The summed E-state index contributed by atoms with van der Waals surface area (Å²) in [5.74, 6) is 0.239. The van der Waals surface area contributed by atoms with Crippen molar-refractivity contribution < 1.29 is 9.90 Å². The number of likely N-dealkylation sites (tertiary alicyclic amines) is 1. The summed E-state index contributed by atoms with van der Waals surface area (Å²) in [5, 5.41) is 14.3. The molecule has 6 heteroatoms. The number of hydrogen-bond donors (Lipinski definition) is 2. The number of urea groups is 1. The number of carbonyl (C=O) groups is 1. The van der Waals surface area contributed by atoms with Gasteiger partial charge >= 0.3 is 6.03 Å². The Morgan fingerprint density at radius 3 is 2.70 bits per heavy atom. The second kappa shape index (κ2) is 8.42. The molecule has 5 rings (SSSR count). The number of nitrogens with one attached hydrogen (secondary N) is 1. The maximum absolute atomic E-state index is 12.6. The number of benzene rings is 1. The third-order valence-electron chi connectivity index (χ3n) is 7.37. The molecule has 2 atom stereocenters. The highest BCUT2D eigenvalue weighted by Gasteiger charge is 2.34. The molecule has 160 valence electrons. The van der Waals surface area contributed by atoms with Crippen molar-refractivity contribution in [1.82, 2.24) is 19.8 Å². The molecular formula is C24H32N4O2. The van der Waals surface area contributed by atoms with Gasteiger partial charge in [0.25, 0.3) is 0 Å². The highest BCUT2D eigenvalue weighted by atomic mass is 16.3. The first kappa shape index (κ1) is 19.6. The van der Waals surface area contributed by atoms with Crippen LogP contribution in [0.5, 0.6) is 0 Å². The van der Waals surface area contributed by atoms with Crippen molar-refractivity contribution in [3.05, 3.63) is 42.4 Å². The fourth-order valence-corrected chi connectivity index (χ4v) is 5.59. The summed E-state index contributed by atoms with van der Waals surface area (Å²) in [6.07, 6.45) is 11.8. The summed E-state index contributed by atoms with van der Waals surface area (Å²) >= 11 is 0. The molecule has 6 nitrogen and oxygen atoms in total. The van der Waals surface area contributed by atoms with Crippen LogP contribution in [0.4, 0.5) is 4.79 Å². The molecule has 2 amide bonds. The molecule has 2 fully saturated rings. The Morgan fingerprint density at radius 2 is 1.90 bits per heavy atom. The van der Waals surface area contributed by atoms with Gasteiger partial charge in [0, 0.05) is 24.7 Å². The lowest BCUT2D eigenvalue weighted by atomic mass is 9.86. The van der Waals surface area contributed by atoms with Gasteiger partial charge in [-0.15, -0.1) is 0 Å². The Hall–Kier alpha value is -2.34. The number of piperidine rings is 1. The van der Waals surface area contributed by atoms with E-state index in [0.717, 1.165) is 44.5 Å². The van der Waals surface area contributed by atoms with Gasteiger partial charge in [-0.3, -0.25) is 0 Å². The minimum Gasteiger partial charge on any atom is -0.393 e. The van der Waals surface area contributed by atoms with Crippen molar-refractivity contribution in [2.24, 2.45) is 5.92 Å². The predicted molar refractivity (Wildman–Crippen MR) is 116 cm³/mol. The molecule has 2 aliphatic heterocycles. The smallest absolute Gasteiger partial charge is 0.317 e. The third kappa shape index (κ3) is 3.73. The van der Waals surface area contributed by atoms with Crippen molar-refractivity contribution in [3.8, 4) is 11.3 Å². The normalized spacial score (nSPS) is 23.1. The van der Waals surface area contributed by atoms with E-state index >= 15 is 0 Å². The Bertz CT molecular complexity index is 881.